The van der Waals surface area contributed by atoms with Crippen LogP contribution in [0.4, 0.5) is 5.69 Å². The van der Waals surface area contributed by atoms with Crippen LogP contribution in [-0.2, 0) is 10.2 Å². The van der Waals surface area contributed by atoms with E-state index in [2.05, 4.69) is 25.4 Å². The Bertz CT molecular complexity index is 530. The van der Waals surface area contributed by atoms with E-state index < -0.39 is 16.2 Å². The monoisotopic (exact) mass is 322 g/mol. The third-order valence-electron chi connectivity index (χ3n) is 1.73. The molecule has 1 aromatic carbocycles. The van der Waals surface area contributed by atoms with Crippen LogP contribution in [-0.4, -0.2) is 26.0 Å². The molecule has 0 unspecified atom stereocenters. The van der Waals surface area contributed by atoms with Gasteiger partial charge in [0.15, 0.2) is 0 Å². The van der Waals surface area contributed by atoms with Gasteiger partial charge in [-0.25, -0.2) is 4.79 Å². The molecule has 0 aliphatic carbocycles. The van der Waals surface area contributed by atoms with E-state index in [-0.39, 0.29) is 17.8 Å². The van der Waals surface area contributed by atoms with Gasteiger partial charge in [-0.2, -0.15) is 13.1 Å². The van der Waals surface area contributed by atoms with Crippen LogP contribution >= 0.6 is 15.9 Å². The Morgan fingerprint density at radius 3 is 2.59 bits per heavy atom. The van der Waals surface area contributed by atoms with Crippen molar-refractivity contribution in [2.75, 3.05) is 11.3 Å². The maximum Gasteiger partial charge on any atom is 0.335 e. The molecule has 0 aliphatic heterocycles. The third-order valence-corrected chi connectivity index (χ3v) is 3.36. The van der Waals surface area contributed by atoms with E-state index in [0.717, 1.165) is 0 Å². The van der Waals surface area contributed by atoms with Crippen molar-refractivity contribution in [2.24, 2.45) is 0 Å². The highest BCUT2D eigenvalue weighted by molar-refractivity contribution is 9.10. The van der Waals surface area contributed by atoms with Crippen LogP contribution in [0.2, 0.25) is 0 Å². The van der Waals surface area contributed by atoms with Crippen LogP contribution in [0, 0.1) is 0 Å². The highest BCUT2D eigenvalue weighted by atomic mass is 79.9. The number of hydrogen-bond donors (Lipinski definition) is 3. The molecule has 0 atom stereocenters. The molecule has 1 aromatic rings. The highest BCUT2D eigenvalue weighted by Crippen LogP contribution is 2.20. The first kappa shape index (κ1) is 13.9. The fourth-order valence-corrected chi connectivity index (χ4v) is 2.53. The summed E-state index contributed by atoms with van der Waals surface area (Å²) < 4.78 is 27.8. The van der Waals surface area contributed by atoms with Gasteiger partial charge >= 0.3 is 5.97 Å². The first-order chi connectivity index (χ1) is 7.84. The lowest BCUT2D eigenvalue weighted by Gasteiger charge is -2.09. The van der Waals surface area contributed by atoms with Crippen LogP contribution in [0.25, 0.3) is 0 Å². The molecular weight excluding hydrogens is 312 g/mol. The second-order valence-corrected chi connectivity index (χ2v) is 5.55. The molecule has 0 fully saturated rings. The normalized spacial score (nSPS) is 11.2. The molecule has 1 rings (SSSR count). The lowest BCUT2D eigenvalue weighted by atomic mass is 10.2. The van der Waals surface area contributed by atoms with E-state index in [1.165, 1.54) is 18.2 Å². The summed E-state index contributed by atoms with van der Waals surface area (Å²) in [6, 6.07) is 4.09. The van der Waals surface area contributed by atoms with E-state index in [1.54, 1.807) is 6.92 Å². The minimum Gasteiger partial charge on any atom is -0.478 e. The minimum absolute atomic E-state index is 0.00595. The Hall–Kier alpha value is -1.12. The summed E-state index contributed by atoms with van der Waals surface area (Å²) in [5.41, 5.74) is 0.172. The zero-order valence-corrected chi connectivity index (χ0v) is 11.3. The van der Waals surface area contributed by atoms with Gasteiger partial charge in [-0.1, -0.05) is 22.9 Å². The van der Waals surface area contributed by atoms with Crippen molar-refractivity contribution >= 4 is 37.8 Å². The zero-order chi connectivity index (χ0) is 13.1. The predicted molar refractivity (Wildman–Crippen MR) is 67.3 cm³/mol. The molecule has 6 nitrogen and oxygen atoms in total. The zero-order valence-electron chi connectivity index (χ0n) is 8.90. The van der Waals surface area contributed by atoms with Gasteiger partial charge < -0.3 is 5.11 Å². The van der Waals surface area contributed by atoms with E-state index in [4.69, 9.17) is 5.11 Å². The Morgan fingerprint density at radius 1 is 1.41 bits per heavy atom. The fraction of sp³-hybridized carbons (Fsp3) is 0.222. The average Bonchev–Trinajstić information content (AvgIpc) is 2.15. The quantitative estimate of drug-likeness (QED) is 0.763. The number of carboxylic acid groups (broad SMARTS) is 1. The number of rotatable bonds is 5. The molecule has 0 aromatic heterocycles. The van der Waals surface area contributed by atoms with Gasteiger partial charge in [-0.3, -0.25) is 4.72 Å². The SMILES string of the molecule is CCNS(=O)(=O)Nc1cc(Br)cc(C(=O)O)c1. The number of carbonyl (C=O) groups is 1. The molecule has 17 heavy (non-hydrogen) atoms. The van der Waals surface area contributed by atoms with E-state index in [9.17, 15) is 13.2 Å². The van der Waals surface area contributed by atoms with Crippen LogP contribution < -0.4 is 9.44 Å². The Balaban J connectivity index is 3.03. The number of carboxylic acids is 1. The van der Waals surface area contributed by atoms with Crippen LogP contribution in [0.3, 0.4) is 0 Å². The maximum absolute atomic E-state index is 11.4. The lowest BCUT2D eigenvalue weighted by Crippen LogP contribution is -2.29. The van der Waals surface area contributed by atoms with Gasteiger partial charge in [0.2, 0.25) is 0 Å². The molecule has 8 heteroatoms. The molecule has 0 amide bonds. The number of anilines is 1. The molecule has 3 N–H and O–H groups in total. The van der Waals surface area contributed by atoms with Crippen molar-refractivity contribution in [2.45, 2.75) is 6.92 Å². The van der Waals surface area contributed by atoms with Crippen molar-refractivity contribution < 1.29 is 18.3 Å². The topological polar surface area (TPSA) is 95.5 Å². The summed E-state index contributed by atoms with van der Waals surface area (Å²) in [7, 11) is -3.66. The lowest BCUT2D eigenvalue weighted by molar-refractivity contribution is 0.0697. The van der Waals surface area contributed by atoms with Gasteiger partial charge in [0.05, 0.1) is 11.3 Å². The van der Waals surface area contributed by atoms with Crippen molar-refractivity contribution in [3.8, 4) is 0 Å². The van der Waals surface area contributed by atoms with Crippen LogP contribution in [0.1, 0.15) is 17.3 Å². The first-order valence-electron chi connectivity index (χ1n) is 4.65. The number of aromatic carboxylic acids is 1. The summed E-state index contributed by atoms with van der Waals surface area (Å²) in [5, 5.41) is 8.82. The van der Waals surface area contributed by atoms with Crippen LogP contribution in [0.15, 0.2) is 22.7 Å². The first-order valence-corrected chi connectivity index (χ1v) is 6.93. The number of hydrogen-bond acceptors (Lipinski definition) is 3. The molecule has 0 saturated heterocycles. The molecule has 0 bridgehead atoms. The molecule has 0 radical (unpaired) electrons. The number of nitrogens with one attached hydrogen (secondary N) is 2. The summed E-state index contributed by atoms with van der Waals surface area (Å²) in [4.78, 5) is 10.8. The molecule has 0 heterocycles. The highest BCUT2D eigenvalue weighted by Gasteiger charge is 2.11. The van der Waals surface area contributed by atoms with Crippen molar-refractivity contribution in [3.05, 3.63) is 28.2 Å². The standard InChI is InChI=1S/C9H11BrN2O4S/c1-2-11-17(15,16)12-8-4-6(9(13)14)3-7(10)5-8/h3-5,11-12H,2H2,1H3,(H,13,14). The molecule has 0 aliphatic rings. The van der Waals surface area contributed by atoms with Gasteiger partial charge in [-0.15, -0.1) is 0 Å². The molecule has 0 saturated carbocycles. The second kappa shape index (κ2) is 5.48. The fourth-order valence-electron chi connectivity index (χ4n) is 1.15. The largest absolute Gasteiger partial charge is 0.478 e. The second-order valence-electron chi connectivity index (χ2n) is 3.14. The summed E-state index contributed by atoms with van der Waals surface area (Å²) in [6.07, 6.45) is 0. The van der Waals surface area contributed by atoms with E-state index in [0.29, 0.717) is 4.47 Å². The van der Waals surface area contributed by atoms with Crippen LogP contribution in [0.5, 0.6) is 0 Å². The van der Waals surface area contributed by atoms with Crippen molar-refractivity contribution in [3.63, 3.8) is 0 Å². The van der Waals surface area contributed by atoms with Gasteiger partial charge in [0, 0.05) is 11.0 Å². The number of halogens is 1. The van der Waals surface area contributed by atoms with Crippen molar-refractivity contribution in [1.29, 1.82) is 0 Å². The Morgan fingerprint density at radius 2 is 2.06 bits per heavy atom. The van der Waals surface area contributed by atoms with E-state index >= 15 is 0 Å². The summed E-state index contributed by atoms with van der Waals surface area (Å²) >= 11 is 3.11. The molecule has 0 spiro atoms. The number of benzene rings is 1. The maximum atomic E-state index is 11.4. The van der Waals surface area contributed by atoms with Gasteiger partial charge in [0.1, 0.15) is 0 Å². The average molecular weight is 323 g/mol. The minimum atomic E-state index is -3.66. The van der Waals surface area contributed by atoms with Crippen molar-refractivity contribution in [1.82, 2.24) is 4.72 Å². The van der Waals surface area contributed by atoms with Gasteiger partial charge in [0.25, 0.3) is 10.2 Å². The molecular formula is C9H11BrN2O4S. The third kappa shape index (κ3) is 4.33. The Kier molecular flexibility index (Phi) is 4.49. The smallest absolute Gasteiger partial charge is 0.335 e. The Labute approximate surface area is 107 Å². The molecule has 94 valence electrons. The van der Waals surface area contributed by atoms with E-state index in [1.807, 2.05) is 0 Å². The summed E-state index contributed by atoms with van der Waals surface area (Å²) in [5.74, 6) is -1.13. The van der Waals surface area contributed by atoms with Gasteiger partial charge in [-0.05, 0) is 18.2 Å². The predicted octanol–water partition coefficient (Wildman–Crippen LogP) is 1.41. The summed E-state index contributed by atoms with van der Waals surface area (Å²) in [6.45, 7) is 1.89.